The molecule has 3 saturated heterocycles. The van der Waals surface area contributed by atoms with Crippen LogP contribution in [0.1, 0.15) is 113 Å². The summed E-state index contributed by atoms with van der Waals surface area (Å²) in [6.07, 6.45) is 4.60. The van der Waals surface area contributed by atoms with Crippen LogP contribution in [-0.2, 0) is 35.0 Å². The van der Waals surface area contributed by atoms with Crippen molar-refractivity contribution in [2.75, 3.05) is 47.6 Å². The number of carbonyl (C=O) groups is 4. The highest BCUT2D eigenvalue weighted by molar-refractivity contribution is 7.12. The summed E-state index contributed by atoms with van der Waals surface area (Å²) in [4.78, 5) is 76.9. The SMILES string of the molecule is COC(=O)NC(C(=O)N1CCC[C@H]1c1ncc(-c2ccc3c(c2)cc2n3C(c3ccc(CC(C)(C)OC)s3)Oc3cc(C4=NC([C@@H]5CCCN5C(=O)[C@@H](NC(=O)OC)C(C)C)=NC4)cc(F)c3-2)[nH]1)C1CCOC(C)(C)C1. The van der Waals surface area contributed by atoms with Crippen molar-refractivity contribution in [3.8, 4) is 28.3 Å². The smallest absolute Gasteiger partial charge is 0.407 e. The van der Waals surface area contributed by atoms with Gasteiger partial charge < -0.3 is 49.1 Å². The third-order valence-electron chi connectivity index (χ3n) is 15.6. The molecule has 5 aliphatic heterocycles. The van der Waals surface area contributed by atoms with Crippen molar-refractivity contribution in [2.24, 2.45) is 21.8 Å². The summed E-state index contributed by atoms with van der Waals surface area (Å²) in [7, 11) is 4.27. The zero-order valence-corrected chi connectivity index (χ0v) is 45.5. The Kier molecular flexibility index (Phi) is 14.6. The van der Waals surface area contributed by atoms with Crippen molar-refractivity contribution in [3.05, 3.63) is 81.7 Å². The second-order valence-corrected chi connectivity index (χ2v) is 23.2. The summed E-state index contributed by atoms with van der Waals surface area (Å²) >= 11 is 1.62. The lowest BCUT2D eigenvalue weighted by molar-refractivity contribution is -0.139. The Morgan fingerprint density at radius 2 is 1.66 bits per heavy atom. The van der Waals surface area contributed by atoms with Crippen molar-refractivity contribution in [1.82, 2.24) is 35.0 Å². The first kappa shape index (κ1) is 52.8. The van der Waals surface area contributed by atoms with Gasteiger partial charge in [-0.25, -0.2) is 24.0 Å². The van der Waals surface area contributed by atoms with Crippen molar-refractivity contribution in [1.29, 1.82) is 0 Å². The van der Waals surface area contributed by atoms with E-state index in [4.69, 9.17) is 38.7 Å². The van der Waals surface area contributed by atoms with Crippen molar-refractivity contribution in [2.45, 2.75) is 128 Å². The number of ether oxygens (including phenoxy) is 5. The first-order valence-corrected chi connectivity index (χ1v) is 27.1. The van der Waals surface area contributed by atoms with Crippen LogP contribution in [0.4, 0.5) is 14.0 Å². The van der Waals surface area contributed by atoms with Gasteiger partial charge in [0.1, 0.15) is 35.3 Å². The molecule has 76 heavy (non-hydrogen) atoms. The Balaban J connectivity index is 0.957. The molecule has 0 saturated carbocycles. The number of nitrogens with one attached hydrogen (secondary N) is 3. The fourth-order valence-corrected chi connectivity index (χ4v) is 12.8. The van der Waals surface area contributed by atoms with E-state index in [1.807, 2.05) is 70.7 Å². The molecule has 8 heterocycles. The van der Waals surface area contributed by atoms with Crippen molar-refractivity contribution >= 4 is 57.8 Å². The fourth-order valence-electron chi connectivity index (χ4n) is 11.6. The van der Waals surface area contributed by atoms with Crippen LogP contribution in [0.15, 0.2) is 64.7 Å². The Morgan fingerprint density at radius 3 is 2.38 bits per heavy atom. The van der Waals surface area contributed by atoms with Crippen molar-refractivity contribution < 1.29 is 47.3 Å². The number of rotatable bonds is 14. The number of aliphatic imine (C=N–C) groups is 2. The Bertz CT molecular complexity index is 3120. The lowest BCUT2D eigenvalue weighted by Gasteiger charge is -2.40. The molecule has 404 valence electrons. The second-order valence-electron chi connectivity index (χ2n) is 22.0. The Morgan fingerprint density at radius 1 is 0.921 bits per heavy atom. The van der Waals surface area contributed by atoms with Gasteiger partial charge in [-0.05, 0) is 121 Å². The molecule has 0 aliphatic carbocycles. The minimum Gasteiger partial charge on any atom is -0.464 e. The summed E-state index contributed by atoms with van der Waals surface area (Å²) in [5.74, 6) is 0.304. The maximum absolute atomic E-state index is 17.1. The lowest BCUT2D eigenvalue weighted by Crippen LogP contribution is -2.54. The zero-order valence-electron chi connectivity index (χ0n) is 44.7. The molecule has 3 aromatic heterocycles. The van der Waals surface area contributed by atoms with E-state index in [0.717, 1.165) is 44.8 Å². The number of aromatic amines is 1. The van der Waals surface area contributed by atoms with Crippen LogP contribution in [0.5, 0.6) is 5.75 Å². The van der Waals surface area contributed by atoms with Gasteiger partial charge in [-0.1, -0.05) is 19.9 Å². The standard InChI is InChI=1S/C56H68FN9O9S/c1-30(2)46(62-53(69)71-7)50(67)64-19-10-12-40(64)49-59-29-38(61-49)33-23-36(57)45-42-24-34-22-31(14-16-39(34)66(42)52(75-43(45)25-33)44-17-15-35(76-44)27-55(3,4)73-9)37-28-58-48(60-37)41-13-11-20-65(41)51(68)47(63-54(70)72-8)32-18-21-74-56(5,6)26-32/h14-17,22-25,28,30,32,40-41,46-47,52H,10-13,18-21,26-27,29H2,1-9H3,(H,58,60)(H,62,69)(H,63,70)/t32?,40-,41-,46-,47?,52?/m0/s1. The molecule has 0 bridgehead atoms. The summed E-state index contributed by atoms with van der Waals surface area (Å²) < 4.78 is 47.6. The number of thiophene rings is 1. The average molecular weight is 1060 g/mol. The number of H-pyrrole nitrogens is 1. The molecule has 18 nitrogen and oxygen atoms in total. The fraction of sp³-hybridized carbons (Fsp3) is 0.518. The van der Waals surface area contributed by atoms with E-state index >= 15 is 4.39 Å². The molecule has 3 N–H and O–H groups in total. The van der Waals surface area contributed by atoms with Crippen LogP contribution >= 0.6 is 11.3 Å². The molecule has 5 aliphatic rings. The van der Waals surface area contributed by atoms with Crippen LogP contribution < -0.4 is 15.4 Å². The highest BCUT2D eigenvalue weighted by Gasteiger charge is 2.44. The monoisotopic (exact) mass is 1060 g/mol. The van der Waals surface area contributed by atoms with Gasteiger partial charge in [0.2, 0.25) is 18.0 Å². The Hall–Kier alpha value is -6.64. The molecular weight excluding hydrogens is 994 g/mol. The van der Waals surface area contributed by atoms with Crippen LogP contribution in [0.3, 0.4) is 0 Å². The van der Waals surface area contributed by atoms with Gasteiger partial charge in [-0.2, -0.15) is 0 Å². The van der Waals surface area contributed by atoms with E-state index in [2.05, 4.69) is 38.4 Å². The molecule has 2 aromatic carbocycles. The molecule has 6 atom stereocenters. The predicted molar refractivity (Wildman–Crippen MR) is 286 cm³/mol. The number of hydrogen-bond acceptors (Lipinski definition) is 13. The first-order valence-electron chi connectivity index (χ1n) is 26.3. The lowest BCUT2D eigenvalue weighted by atomic mass is 9.82. The molecule has 0 radical (unpaired) electrons. The van der Waals surface area contributed by atoms with Gasteiger partial charge >= 0.3 is 12.2 Å². The number of amidine groups is 1. The third-order valence-corrected chi connectivity index (χ3v) is 16.7. The quantitative estimate of drug-likeness (QED) is 0.0963. The van der Waals surface area contributed by atoms with E-state index in [9.17, 15) is 19.2 Å². The minimum absolute atomic E-state index is 0.137. The van der Waals surface area contributed by atoms with Crippen LogP contribution in [0, 0.1) is 17.7 Å². The number of carbonyl (C=O) groups excluding carboxylic acids is 4. The number of hydrogen-bond donors (Lipinski definition) is 3. The molecule has 5 aromatic rings. The summed E-state index contributed by atoms with van der Waals surface area (Å²) in [5, 5.41) is 6.41. The first-order chi connectivity index (χ1) is 36.3. The van der Waals surface area contributed by atoms with Gasteiger partial charge in [-0.3, -0.25) is 19.1 Å². The summed E-state index contributed by atoms with van der Waals surface area (Å²) in [5.41, 5.74) is 3.67. The van der Waals surface area contributed by atoms with Gasteiger partial charge in [0.15, 0.2) is 0 Å². The number of amides is 4. The number of benzene rings is 2. The maximum atomic E-state index is 17.1. The number of halogens is 1. The molecular formula is C56H68FN9O9S. The zero-order chi connectivity index (χ0) is 53.8. The molecule has 0 spiro atoms. The predicted octanol–water partition coefficient (Wildman–Crippen LogP) is 8.97. The minimum atomic E-state index is -0.786. The van der Waals surface area contributed by atoms with Crippen LogP contribution in [0.2, 0.25) is 0 Å². The van der Waals surface area contributed by atoms with Gasteiger partial charge in [0.25, 0.3) is 0 Å². The Labute approximate surface area is 445 Å². The van der Waals surface area contributed by atoms with Gasteiger partial charge in [-0.15, -0.1) is 11.3 Å². The number of aromatic nitrogens is 3. The molecule has 10 rings (SSSR count). The normalized spacial score (nSPS) is 21.9. The molecule has 3 fully saturated rings. The van der Waals surface area contributed by atoms with E-state index in [0.29, 0.717) is 91.7 Å². The number of imidazole rings is 1. The topological polar surface area (TPSA) is 203 Å². The highest BCUT2D eigenvalue weighted by Crippen LogP contribution is 2.48. The van der Waals surface area contributed by atoms with E-state index < -0.39 is 53.6 Å². The third kappa shape index (κ3) is 10.3. The number of nitrogens with zero attached hydrogens (tertiary/aromatic N) is 6. The number of fused-ring (bicyclic) bond motifs is 5. The van der Waals surface area contributed by atoms with Crippen LogP contribution in [-0.4, -0.2) is 137 Å². The average Bonchev–Trinajstić information content (AvgIpc) is 4.27. The molecule has 3 unspecified atom stereocenters. The highest BCUT2D eigenvalue weighted by atomic mass is 32.1. The maximum Gasteiger partial charge on any atom is 0.407 e. The van der Waals surface area contributed by atoms with E-state index in [1.54, 1.807) is 29.5 Å². The number of likely N-dealkylation sites (tertiary alicyclic amines) is 2. The van der Waals surface area contributed by atoms with E-state index in [-0.39, 0.29) is 36.2 Å². The number of alkyl carbamates (subject to hydrolysis) is 2. The molecule has 20 heteroatoms. The summed E-state index contributed by atoms with van der Waals surface area (Å²) in [6.45, 7) is 13.5. The van der Waals surface area contributed by atoms with E-state index in [1.165, 1.54) is 20.3 Å². The summed E-state index contributed by atoms with van der Waals surface area (Å²) in [6, 6.07) is 13.3. The largest absolute Gasteiger partial charge is 0.464 e. The molecule has 4 amide bonds. The van der Waals surface area contributed by atoms with Gasteiger partial charge in [0.05, 0.1) is 83.3 Å². The van der Waals surface area contributed by atoms with Gasteiger partial charge in [0, 0.05) is 54.6 Å². The second kappa shape index (κ2) is 21.1. The van der Waals surface area contributed by atoms with Crippen LogP contribution in [0.25, 0.3) is 33.4 Å². The number of methoxy groups -OCH3 is 3. The van der Waals surface area contributed by atoms with Crippen molar-refractivity contribution in [3.63, 3.8) is 0 Å².